The van der Waals surface area contributed by atoms with Gasteiger partial charge in [-0.1, -0.05) is 6.92 Å². The first kappa shape index (κ1) is 13.8. The highest BCUT2D eigenvalue weighted by atomic mass is 15.3. The van der Waals surface area contributed by atoms with Gasteiger partial charge in [-0.2, -0.15) is 5.26 Å². The highest BCUT2D eigenvalue weighted by molar-refractivity contribution is 5.13. The quantitative estimate of drug-likeness (QED) is 0.813. The Labute approximate surface area is 111 Å². The van der Waals surface area contributed by atoms with Crippen molar-refractivity contribution in [2.45, 2.75) is 50.2 Å². The van der Waals surface area contributed by atoms with E-state index in [1.165, 1.54) is 13.0 Å². The second-order valence-electron chi connectivity index (χ2n) is 5.88. The Balaban J connectivity index is 1.96. The zero-order chi connectivity index (χ0) is 13.2. The largest absolute Gasteiger partial charge is 0.302 e. The summed E-state index contributed by atoms with van der Waals surface area (Å²) >= 11 is 0. The number of nitriles is 1. The zero-order valence-corrected chi connectivity index (χ0v) is 11.9. The van der Waals surface area contributed by atoms with E-state index >= 15 is 0 Å². The SMILES string of the molecule is CCC1CN(C2CCC(C#N)(NC)C2)CCN1C. The summed E-state index contributed by atoms with van der Waals surface area (Å²) in [5.74, 6) is 0. The number of nitrogens with zero attached hydrogens (tertiary/aromatic N) is 3. The van der Waals surface area contributed by atoms with Gasteiger partial charge in [-0.05, 0) is 39.8 Å². The van der Waals surface area contributed by atoms with E-state index in [4.69, 9.17) is 0 Å². The molecule has 1 aliphatic heterocycles. The number of rotatable bonds is 3. The molecule has 0 spiro atoms. The first-order chi connectivity index (χ1) is 8.64. The van der Waals surface area contributed by atoms with Gasteiger partial charge in [0.1, 0.15) is 5.54 Å². The average molecular weight is 250 g/mol. The Morgan fingerprint density at radius 3 is 2.78 bits per heavy atom. The standard InChI is InChI=1S/C14H26N4/c1-4-12-10-18(8-7-17(12)3)13-5-6-14(9-13,11-15)16-2/h12-13,16H,4-10H2,1-3H3. The molecule has 1 heterocycles. The first-order valence-corrected chi connectivity index (χ1v) is 7.18. The molecule has 3 unspecified atom stereocenters. The summed E-state index contributed by atoms with van der Waals surface area (Å²) in [6.07, 6.45) is 4.36. The van der Waals surface area contributed by atoms with Crippen LogP contribution in [0, 0.1) is 11.3 Å². The van der Waals surface area contributed by atoms with Crippen LogP contribution in [0.25, 0.3) is 0 Å². The topological polar surface area (TPSA) is 42.3 Å². The van der Waals surface area contributed by atoms with Crippen LogP contribution in [-0.2, 0) is 0 Å². The molecular weight excluding hydrogens is 224 g/mol. The van der Waals surface area contributed by atoms with Crippen LogP contribution in [0.2, 0.25) is 0 Å². The van der Waals surface area contributed by atoms with E-state index in [0.29, 0.717) is 12.1 Å². The van der Waals surface area contributed by atoms with E-state index in [2.05, 4.69) is 35.2 Å². The van der Waals surface area contributed by atoms with Crippen LogP contribution in [0.4, 0.5) is 0 Å². The lowest BCUT2D eigenvalue weighted by molar-refractivity contribution is 0.0626. The third-order valence-electron chi connectivity index (χ3n) is 4.98. The first-order valence-electron chi connectivity index (χ1n) is 7.18. The van der Waals surface area contributed by atoms with E-state index < -0.39 is 0 Å². The Hall–Kier alpha value is -0.630. The minimum atomic E-state index is -0.268. The fourth-order valence-electron chi connectivity index (χ4n) is 3.46. The van der Waals surface area contributed by atoms with Crippen molar-refractivity contribution in [3.63, 3.8) is 0 Å². The van der Waals surface area contributed by atoms with E-state index in [9.17, 15) is 5.26 Å². The molecule has 2 fully saturated rings. The number of hydrogen-bond acceptors (Lipinski definition) is 4. The van der Waals surface area contributed by atoms with Crippen molar-refractivity contribution in [2.75, 3.05) is 33.7 Å². The smallest absolute Gasteiger partial charge is 0.108 e. The molecule has 18 heavy (non-hydrogen) atoms. The highest BCUT2D eigenvalue weighted by Crippen LogP contribution is 2.33. The number of likely N-dealkylation sites (N-methyl/N-ethyl adjacent to an activating group) is 1. The summed E-state index contributed by atoms with van der Waals surface area (Å²) in [4.78, 5) is 5.09. The minimum Gasteiger partial charge on any atom is -0.302 e. The van der Waals surface area contributed by atoms with Crippen LogP contribution in [0.5, 0.6) is 0 Å². The van der Waals surface area contributed by atoms with Crippen LogP contribution < -0.4 is 5.32 Å². The van der Waals surface area contributed by atoms with Crippen LogP contribution in [-0.4, -0.2) is 61.2 Å². The van der Waals surface area contributed by atoms with Crippen molar-refractivity contribution >= 4 is 0 Å². The highest BCUT2D eigenvalue weighted by Gasteiger charge is 2.41. The van der Waals surface area contributed by atoms with Gasteiger partial charge < -0.3 is 10.2 Å². The van der Waals surface area contributed by atoms with Gasteiger partial charge in [0.2, 0.25) is 0 Å². The lowest BCUT2D eigenvalue weighted by Gasteiger charge is -2.42. The van der Waals surface area contributed by atoms with Gasteiger partial charge >= 0.3 is 0 Å². The molecule has 1 saturated heterocycles. The number of nitrogens with one attached hydrogen (secondary N) is 1. The third-order valence-corrected chi connectivity index (χ3v) is 4.98. The molecule has 4 nitrogen and oxygen atoms in total. The van der Waals surface area contributed by atoms with E-state index in [0.717, 1.165) is 32.4 Å². The van der Waals surface area contributed by atoms with Gasteiger partial charge in [0.25, 0.3) is 0 Å². The van der Waals surface area contributed by atoms with Crippen molar-refractivity contribution in [1.82, 2.24) is 15.1 Å². The van der Waals surface area contributed by atoms with Gasteiger partial charge in [0.15, 0.2) is 0 Å². The van der Waals surface area contributed by atoms with Crippen LogP contribution in [0.15, 0.2) is 0 Å². The molecule has 0 aromatic rings. The van der Waals surface area contributed by atoms with Crippen LogP contribution >= 0.6 is 0 Å². The van der Waals surface area contributed by atoms with Gasteiger partial charge in [-0.3, -0.25) is 4.90 Å². The Bertz CT molecular complexity index is 324. The monoisotopic (exact) mass is 250 g/mol. The van der Waals surface area contributed by atoms with Crippen LogP contribution in [0.1, 0.15) is 32.6 Å². The summed E-state index contributed by atoms with van der Waals surface area (Å²) in [6, 6.07) is 3.76. The molecule has 0 radical (unpaired) electrons. The molecule has 0 aromatic carbocycles. The van der Waals surface area contributed by atoms with Crippen molar-refractivity contribution < 1.29 is 0 Å². The second kappa shape index (κ2) is 5.56. The molecule has 2 rings (SSSR count). The normalized spacial score (nSPS) is 38.8. The molecule has 1 N–H and O–H groups in total. The van der Waals surface area contributed by atoms with E-state index in [1.54, 1.807) is 0 Å². The predicted molar refractivity (Wildman–Crippen MR) is 73.3 cm³/mol. The molecule has 0 bridgehead atoms. The third kappa shape index (κ3) is 2.54. The molecular formula is C14H26N4. The van der Waals surface area contributed by atoms with E-state index in [-0.39, 0.29) is 5.54 Å². The summed E-state index contributed by atoms with van der Waals surface area (Å²) in [5.41, 5.74) is -0.268. The van der Waals surface area contributed by atoms with Gasteiger partial charge in [0.05, 0.1) is 6.07 Å². The molecule has 1 saturated carbocycles. The lowest BCUT2D eigenvalue weighted by atomic mass is 9.99. The Morgan fingerprint density at radius 1 is 1.44 bits per heavy atom. The van der Waals surface area contributed by atoms with Crippen LogP contribution in [0.3, 0.4) is 0 Å². The summed E-state index contributed by atoms with van der Waals surface area (Å²) in [7, 11) is 4.15. The van der Waals surface area contributed by atoms with Gasteiger partial charge in [0, 0.05) is 31.7 Å². The fraction of sp³-hybridized carbons (Fsp3) is 0.929. The summed E-state index contributed by atoms with van der Waals surface area (Å²) in [6.45, 7) is 5.76. The summed E-state index contributed by atoms with van der Waals surface area (Å²) in [5, 5.41) is 12.6. The molecule has 4 heteroatoms. The van der Waals surface area contributed by atoms with Crippen molar-refractivity contribution in [3.05, 3.63) is 0 Å². The zero-order valence-electron chi connectivity index (χ0n) is 11.9. The number of hydrogen-bond donors (Lipinski definition) is 1. The molecule has 102 valence electrons. The maximum Gasteiger partial charge on any atom is 0.108 e. The Kier molecular flexibility index (Phi) is 4.26. The lowest BCUT2D eigenvalue weighted by Crippen LogP contribution is -2.54. The molecule has 1 aliphatic carbocycles. The number of piperazine rings is 1. The molecule has 3 atom stereocenters. The van der Waals surface area contributed by atoms with Crippen molar-refractivity contribution in [1.29, 1.82) is 5.26 Å². The fourth-order valence-corrected chi connectivity index (χ4v) is 3.46. The second-order valence-corrected chi connectivity index (χ2v) is 5.88. The Morgan fingerprint density at radius 2 is 2.22 bits per heavy atom. The van der Waals surface area contributed by atoms with E-state index in [1.807, 2.05) is 7.05 Å². The summed E-state index contributed by atoms with van der Waals surface area (Å²) < 4.78 is 0. The molecule has 0 aromatic heterocycles. The predicted octanol–water partition coefficient (Wildman–Crippen LogP) is 1.05. The maximum atomic E-state index is 9.33. The maximum absolute atomic E-state index is 9.33. The molecule has 0 amide bonds. The van der Waals surface area contributed by atoms with Crippen molar-refractivity contribution in [2.24, 2.45) is 0 Å². The van der Waals surface area contributed by atoms with Gasteiger partial charge in [-0.15, -0.1) is 0 Å². The molecule has 2 aliphatic rings. The average Bonchev–Trinajstić information content (AvgIpc) is 2.84. The minimum absolute atomic E-state index is 0.268. The van der Waals surface area contributed by atoms with Crippen molar-refractivity contribution in [3.8, 4) is 6.07 Å². The van der Waals surface area contributed by atoms with Gasteiger partial charge in [-0.25, -0.2) is 0 Å².